The summed E-state index contributed by atoms with van der Waals surface area (Å²) in [4.78, 5) is 1.60. The Morgan fingerprint density at radius 2 is 1.88 bits per heavy atom. The third-order valence-corrected chi connectivity index (χ3v) is 4.37. The van der Waals surface area contributed by atoms with Crippen molar-refractivity contribution in [1.29, 1.82) is 0 Å². The number of hydrogen-bond acceptors (Lipinski definition) is 2. The average molecular weight is 312 g/mol. The van der Waals surface area contributed by atoms with Crippen LogP contribution in [-0.4, -0.2) is 0 Å². The summed E-state index contributed by atoms with van der Waals surface area (Å²) in [6.07, 6.45) is 0. The summed E-state index contributed by atoms with van der Waals surface area (Å²) in [5.41, 5.74) is 6.27. The lowest BCUT2D eigenvalue weighted by Gasteiger charge is -2.06. The van der Waals surface area contributed by atoms with Gasteiger partial charge in [0.15, 0.2) is 0 Å². The molecule has 0 aliphatic heterocycles. The second-order valence-electron chi connectivity index (χ2n) is 3.50. The number of hydrogen-bond donors (Lipinski definition) is 1. The number of halogens is 2. The van der Waals surface area contributed by atoms with E-state index in [0.29, 0.717) is 11.4 Å². The van der Waals surface area contributed by atoms with E-state index in [2.05, 4.69) is 15.9 Å². The SMILES string of the molecule is NCc1ccc(Sc2ccccc2Br)c(F)c1. The maximum absolute atomic E-state index is 13.8. The normalized spacial score (nSPS) is 10.5. The molecule has 88 valence electrons. The standard InChI is InChI=1S/C13H11BrFNS/c14-10-3-1-2-4-12(10)17-13-6-5-9(8-16)7-11(13)15/h1-7H,8,16H2. The maximum atomic E-state index is 13.8. The third-order valence-electron chi connectivity index (χ3n) is 2.29. The number of rotatable bonds is 3. The second kappa shape index (κ2) is 5.67. The van der Waals surface area contributed by atoms with Gasteiger partial charge in [0.25, 0.3) is 0 Å². The highest BCUT2D eigenvalue weighted by molar-refractivity contribution is 9.10. The first-order valence-electron chi connectivity index (χ1n) is 5.11. The second-order valence-corrected chi connectivity index (χ2v) is 5.44. The molecule has 0 fully saturated rings. The van der Waals surface area contributed by atoms with Gasteiger partial charge in [-0.05, 0) is 45.8 Å². The predicted octanol–water partition coefficient (Wildman–Crippen LogP) is 4.20. The predicted molar refractivity (Wildman–Crippen MR) is 72.6 cm³/mol. The summed E-state index contributed by atoms with van der Waals surface area (Å²) in [6.45, 7) is 0.358. The molecule has 0 radical (unpaired) electrons. The van der Waals surface area contributed by atoms with E-state index in [0.717, 1.165) is 14.9 Å². The molecule has 0 heterocycles. The van der Waals surface area contributed by atoms with Crippen LogP contribution in [-0.2, 0) is 6.54 Å². The van der Waals surface area contributed by atoms with Crippen molar-refractivity contribution < 1.29 is 4.39 Å². The van der Waals surface area contributed by atoms with Crippen molar-refractivity contribution in [2.75, 3.05) is 0 Å². The van der Waals surface area contributed by atoms with Gasteiger partial charge in [0.05, 0.1) is 0 Å². The minimum atomic E-state index is -0.228. The van der Waals surface area contributed by atoms with Gasteiger partial charge in [-0.25, -0.2) is 4.39 Å². The zero-order valence-corrected chi connectivity index (χ0v) is 11.4. The molecule has 0 amide bonds. The van der Waals surface area contributed by atoms with E-state index in [1.807, 2.05) is 30.3 Å². The van der Waals surface area contributed by atoms with Crippen molar-refractivity contribution in [3.05, 3.63) is 58.3 Å². The van der Waals surface area contributed by atoms with Gasteiger partial charge in [-0.2, -0.15) is 0 Å². The van der Waals surface area contributed by atoms with Gasteiger partial charge in [-0.15, -0.1) is 0 Å². The van der Waals surface area contributed by atoms with E-state index < -0.39 is 0 Å². The van der Waals surface area contributed by atoms with Crippen LogP contribution >= 0.6 is 27.7 Å². The molecule has 0 aliphatic rings. The van der Waals surface area contributed by atoms with E-state index in [1.165, 1.54) is 17.8 Å². The molecule has 2 N–H and O–H groups in total. The highest BCUT2D eigenvalue weighted by atomic mass is 79.9. The van der Waals surface area contributed by atoms with Crippen LogP contribution in [0, 0.1) is 5.82 Å². The van der Waals surface area contributed by atoms with Crippen molar-refractivity contribution in [3.63, 3.8) is 0 Å². The van der Waals surface area contributed by atoms with Crippen LogP contribution in [0.15, 0.2) is 56.7 Å². The fourth-order valence-corrected chi connectivity index (χ4v) is 2.77. The molecule has 0 saturated heterocycles. The molecular formula is C13H11BrFNS. The van der Waals surface area contributed by atoms with E-state index in [-0.39, 0.29) is 5.82 Å². The summed E-state index contributed by atoms with van der Waals surface area (Å²) >= 11 is 4.84. The first-order valence-corrected chi connectivity index (χ1v) is 6.72. The zero-order valence-electron chi connectivity index (χ0n) is 8.99. The average Bonchev–Trinajstić information content (AvgIpc) is 2.34. The Bertz CT molecular complexity index is 531. The van der Waals surface area contributed by atoms with Gasteiger partial charge in [0.1, 0.15) is 5.82 Å². The molecule has 0 aliphatic carbocycles. The first kappa shape index (κ1) is 12.6. The van der Waals surface area contributed by atoms with E-state index in [4.69, 9.17) is 5.73 Å². The summed E-state index contributed by atoms with van der Waals surface area (Å²) in [5, 5.41) is 0. The molecule has 0 saturated carbocycles. The van der Waals surface area contributed by atoms with Gasteiger partial charge in [-0.3, -0.25) is 0 Å². The highest BCUT2D eigenvalue weighted by Gasteiger charge is 2.07. The lowest BCUT2D eigenvalue weighted by atomic mass is 10.2. The molecular weight excluding hydrogens is 301 g/mol. The smallest absolute Gasteiger partial charge is 0.137 e. The molecule has 0 unspecified atom stereocenters. The Labute approximate surface area is 112 Å². The fourth-order valence-electron chi connectivity index (χ4n) is 1.40. The van der Waals surface area contributed by atoms with Gasteiger partial charge < -0.3 is 5.73 Å². The topological polar surface area (TPSA) is 26.0 Å². The minimum absolute atomic E-state index is 0.228. The van der Waals surface area contributed by atoms with Crippen LogP contribution in [0.25, 0.3) is 0 Å². The molecule has 0 spiro atoms. The van der Waals surface area contributed by atoms with Crippen molar-refractivity contribution in [2.45, 2.75) is 16.3 Å². The molecule has 1 nitrogen and oxygen atoms in total. The monoisotopic (exact) mass is 311 g/mol. The fraction of sp³-hybridized carbons (Fsp3) is 0.0769. The van der Waals surface area contributed by atoms with Crippen molar-refractivity contribution in [1.82, 2.24) is 0 Å². The van der Waals surface area contributed by atoms with Gasteiger partial charge in [-0.1, -0.05) is 30.0 Å². The summed E-state index contributed by atoms with van der Waals surface area (Å²) < 4.78 is 14.7. The molecule has 17 heavy (non-hydrogen) atoms. The van der Waals surface area contributed by atoms with Crippen LogP contribution in [0.5, 0.6) is 0 Å². The molecule has 2 aromatic rings. The van der Waals surface area contributed by atoms with Crippen molar-refractivity contribution >= 4 is 27.7 Å². The molecule has 0 bridgehead atoms. The Morgan fingerprint density at radius 1 is 1.12 bits per heavy atom. The van der Waals surface area contributed by atoms with Crippen LogP contribution < -0.4 is 5.73 Å². The highest BCUT2D eigenvalue weighted by Crippen LogP contribution is 2.34. The van der Waals surface area contributed by atoms with Crippen LogP contribution in [0.2, 0.25) is 0 Å². The first-order chi connectivity index (χ1) is 8.20. The van der Waals surface area contributed by atoms with Crippen molar-refractivity contribution in [3.8, 4) is 0 Å². The maximum Gasteiger partial charge on any atom is 0.137 e. The van der Waals surface area contributed by atoms with Gasteiger partial charge >= 0.3 is 0 Å². The van der Waals surface area contributed by atoms with E-state index >= 15 is 0 Å². The number of nitrogens with two attached hydrogens (primary N) is 1. The lowest BCUT2D eigenvalue weighted by Crippen LogP contribution is -1.97. The van der Waals surface area contributed by atoms with Crippen LogP contribution in [0.4, 0.5) is 4.39 Å². The Morgan fingerprint density at radius 3 is 2.53 bits per heavy atom. The Balaban J connectivity index is 2.28. The molecule has 2 rings (SSSR count). The lowest BCUT2D eigenvalue weighted by molar-refractivity contribution is 0.599. The van der Waals surface area contributed by atoms with Gasteiger partial charge in [0, 0.05) is 20.8 Å². The summed E-state index contributed by atoms with van der Waals surface area (Å²) in [7, 11) is 0. The van der Waals surface area contributed by atoms with Gasteiger partial charge in [0.2, 0.25) is 0 Å². The zero-order chi connectivity index (χ0) is 12.3. The molecule has 0 aromatic heterocycles. The van der Waals surface area contributed by atoms with Crippen LogP contribution in [0.1, 0.15) is 5.56 Å². The molecule has 2 aromatic carbocycles. The quantitative estimate of drug-likeness (QED) is 0.919. The molecule has 0 atom stereocenters. The Hall–Kier alpha value is -0.840. The molecule has 4 heteroatoms. The van der Waals surface area contributed by atoms with E-state index in [1.54, 1.807) is 6.07 Å². The Kier molecular flexibility index (Phi) is 4.20. The summed E-state index contributed by atoms with van der Waals surface area (Å²) in [6, 6.07) is 12.9. The van der Waals surface area contributed by atoms with Crippen molar-refractivity contribution in [2.24, 2.45) is 5.73 Å². The minimum Gasteiger partial charge on any atom is -0.326 e. The number of benzene rings is 2. The largest absolute Gasteiger partial charge is 0.326 e. The van der Waals surface area contributed by atoms with E-state index in [9.17, 15) is 4.39 Å². The van der Waals surface area contributed by atoms with Crippen LogP contribution in [0.3, 0.4) is 0 Å². The third kappa shape index (κ3) is 3.09. The summed E-state index contributed by atoms with van der Waals surface area (Å²) in [5.74, 6) is -0.228.